The molecule has 1 saturated heterocycles. The first kappa shape index (κ1) is 18.5. The Kier molecular flexibility index (Phi) is 6.81. The van der Waals surface area contributed by atoms with E-state index in [1.54, 1.807) is 24.3 Å². The Bertz CT molecular complexity index is 602. The minimum atomic E-state index is -0.455. The summed E-state index contributed by atoms with van der Waals surface area (Å²) >= 11 is 1.28. The Balaban J connectivity index is 2.03. The zero-order valence-electron chi connectivity index (χ0n) is 13.6. The molecule has 0 aliphatic carbocycles. The van der Waals surface area contributed by atoms with Crippen molar-refractivity contribution in [2.45, 2.75) is 31.4 Å². The van der Waals surface area contributed by atoms with Gasteiger partial charge < -0.3 is 9.84 Å². The van der Waals surface area contributed by atoms with Crippen LogP contribution in [0.4, 0.5) is 5.69 Å². The molecule has 1 N–H and O–H groups in total. The van der Waals surface area contributed by atoms with Gasteiger partial charge in [-0.2, -0.15) is 0 Å². The SMILES string of the molecule is CCCCOC(=O)c1ccc(N2C(=O)CC(SCCO)C2=O)cc1. The summed E-state index contributed by atoms with van der Waals surface area (Å²) < 4.78 is 5.12. The molecule has 1 unspecified atom stereocenters. The third-order valence-electron chi connectivity index (χ3n) is 3.61. The second-order valence-electron chi connectivity index (χ2n) is 5.39. The maximum atomic E-state index is 12.3. The van der Waals surface area contributed by atoms with Crippen LogP contribution in [0.3, 0.4) is 0 Å². The van der Waals surface area contributed by atoms with Gasteiger partial charge in [-0.25, -0.2) is 9.69 Å². The van der Waals surface area contributed by atoms with Crippen LogP contribution in [-0.4, -0.2) is 47.1 Å². The van der Waals surface area contributed by atoms with Gasteiger partial charge >= 0.3 is 5.97 Å². The fourth-order valence-electron chi connectivity index (χ4n) is 2.34. The maximum Gasteiger partial charge on any atom is 0.338 e. The van der Waals surface area contributed by atoms with E-state index in [-0.39, 0.29) is 24.8 Å². The molecule has 0 bridgehead atoms. The van der Waals surface area contributed by atoms with Gasteiger partial charge in [0.25, 0.3) is 0 Å². The molecule has 1 aromatic rings. The van der Waals surface area contributed by atoms with Crippen LogP contribution in [0.1, 0.15) is 36.5 Å². The average Bonchev–Trinajstić information content (AvgIpc) is 2.87. The molecule has 130 valence electrons. The number of anilines is 1. The third kappa shape index (κ3) is 4.36. The van der Waals surface area contributed by atoms with E-state index in [2.05, 4.69) is 0 Å². The molecule has 0 aromatic heterocycles. The number of esters is 1. The zero-order valence-corrected chi connectivity index (χ0v) is 14.4. The number of thioether (sulfide) groups is 1. The third-order valence-corrected chi connectivity index (χ3v) is 4.80. The minimum Gasteiger partial charge on any atom is -0.462 e. The normalized spacial score (nSPS) is 17.4. The van der Waals surface area contributed by atoms with Crippen LogP contribution in [0, 0.1) is 0 Å². The van der Waals surface area contributed by atoms with Crippen molar-refractivity contribution in [1.29, 1.82) is 0 Å². The smallest absolute Gasteiger partial charge is 0.338 e. The molecule has 1 aliphatic heterocycles. The van der Waals surface area contributed by atoms with E-state index in [4.69, 9.17) is 9.84 Å². The minimum absolute atomic E-state index is 0.0303. The Hall–Kier alpha value is -1.86. The van der Waals surface area contributed by atoms with E-state index in [0.29, 0.717) is 23.6 Å². The molecule has 1 aromatic carbocycles. The van der Waals surface area contributed by atoms with E-state index in [1.165, 1.54) is 11.8 Å². The summed E-state index contributed by atoms with van der Waals surface area (Å²) in [5, 5.41) is 8.39. The number of aliphatic hydroxyl groups excluding tert-OH is 1. The molecular weight excluding hydrogens is 330 g/mol. The summed E-state index contributed by atoms with van der Waals surface area (Å²) in [5.41, 5.74) is 0.836. The number of amides is 2. The predicted octanol–water partition coefficient (Wildman–Crippen LogP) is 2.00. The summed E-state index contributed by atoms with van der Waals surface area (Å²) in [4.78, 5) is 37.4. The van der Waals surface area contributed by atoms with Crippen molar-refractivity contribution in [1.82, 2.24) is 0 Å². The van der Waals surface area contributed by atoms with Gasteiger partial charge in [-0.3, -0.25) is 9.59 Å². The van der Waals surface area contributed by atoms with Crippen LogP contribution in [-0.2, 0) is 14.3 Å². The van der Waals surface area contributed by atoms with E-state index >= 15 is 0 Å². The Morgan fingerprint density at radius 2 is 2.04 bits per heavy atom. The van der Waals surface area contributed by atoms with Crippen LogP contribution in [0.25, 0.3) is 0 Å². The van der Waals surface area contributed by atoms with Crippen LogP contribution in [0.5, 0.6) is 0 Å². The van der Waals surface area contributed by atoms with Crippen LogP contribution in [0.15, 0.2) is 24.3 Å². The van der Waals surface area contributed by atoms with Crippen LogP contribution >= 0.6 is 11.8 Å². The monoisotopic (exact) mass is 351 g/mol. The van der Waals surface area contributed by atoms with Gasteiger partial charge in [0.1, 0.15) is 0 Å². The molecule has 1 fully saturated rings. The lowest BCUT2D eigenvalue weighted by Crippen LogP contribution is -2.31. The highest BCUT2D eigenvalue weighted by molar-refractivity contribution is 8.00. The first-order valence-corrected chi connectivity index (χ1v) is 8.99. The number of imide groups is 1. The molecule has 2 amide bonds. The van der Waals surface area contributed by atoms with Gasteiger partial charge in [-0.05, 0) is 30.7 Å². The maximum absolute atomic E-state index is 12.3. The highest BCUT2D eigenvalue weighted by Gasteiger charge is 2.39. The van der Waals surface area contributed by atoms with Gasteiger partial charge in [0.05, 0.1) is 29.7 Å². The van der Waals surface area contributed by atoms with Gasteiger partial charge in [0.15, 0.2) is 0 Å². The lowest BCUT2D eigenvalue weighted by molar-refractivity contribution is -0.121. The van der Waals surface area contributed by atoms with Gasteiger partial charge in [-0.1, -0.05) is 13.3 Å². The van der Waals surface area contributed by atoms with Crippen molar-refractivity contribution in [2.24, 2.45) is 0 Å². The molecule has 0 saturated carbocycles. The van der Waals surface area contributed by atoms with E-state index in [0.717, 1.165) is 17.7 Å². The van der Waals surface area contributed by atoms with Crippen LogP contribution < -0.4 is 4.90 Å². The molecular formula is C17H21NO5S. The van der Waals surface area contributed by atoms with E-state index in [9.17, 15) is 14.4 Å². The fraction of sp³-hybridized carbons (Fsp3) is 0.471. The number of ether oxygens (including phenoxy) is 1. The van der Waals surface area contributed by atoms with Crippen LogP contribution in [0.2, 0.25) is 0 Å². The number of carbonyl (C=O) groups is 3. The lowest BCUT2D eigenvalue weighted by atomic mass is 10.2. The highest BCUT2D eigenvalue weighted by atomic mass is 32.2. The number of carbonyl (C=O) groups excluding carboxylic acids is 3. The summed E-state index contributed by atoms with van der Waals surface area (Å²) in [6.45, 7) is 2.36. The second-order valence-corrected chi connectivity index (χ2v) is 6.70. The molecule has 1 atom stereocenters. The molecule has 7 heteroatoms. The van der Waals surface area contributed by atoms with Gasteiger partial charge in [0.2, 0.25) is 11.8 Å². The van der Waals surface area contributed by atoms with E-state index in [1.807, 2.05) is 6.92 Å². The molecule has 1 heterocycles. The lowest BCUT2D eigenvalue weighted by Gasteiger charge is -2.15. The summed E-state index contributed by atoms with van der Waals surface area (Å²) in [5.74, 6) is -0.545. The molecule has 2 rings (SSSR count). The van der Waals surface area contributed by atoms with Crippen molar-refractivity contribution in [3.05, 3.63) is 29.8 Å². The largest absolute Gasteiger partial charge is 0.462 e. The van der Waals surface area contributed by atoms with Crippen molar-refractivity contribution in [3.63, 3.8) is 0 Å². The molecule has 0 spiro atoms. The van der Waals surface area contributed by atoms with Gasteiger partial charge in [-0.15, -0.1) is 11.8 Å². The van der Waals surface area contributed by atoms with Crippen molar-refractivity contribution in [2.75, 3.05) is 23.9 Å². The topological polar surface area (TPSA) is 83.9 Å². The Labute approximate surface area is 145 Å². The number of rotatable bonds is 8. The molecule has 0 radical (unpaired) electrons. The molecule has 6 nitrogen and oxygen atoms in total. The zero-order chi connectivity index (χ0) is 17.5. The van der Waals surface area contributed by atoms with Crippen molar-refractivity contribution >= 4 is 35.2 Å². The number of benzene rings is 1. The van der Waals surface area contributed by atoms with E-state index < -0.39 is 11.2 Å². The molecule has 1 aliphatic rings. The average molecular weight is 351 g/mol. The number of unbranched alkanes of at least 4 members (excludes halogenated alkanes) is 1. The number of hydrogen-bond donors (Lipinski definition) is 1. The first-order valence-electron chi connectivity index (χ1n) is 7.95. The standard InChI is InChI=1S/C17H21NO5S/c1-2-3-9-23-17(22)12-4-6-13(7-5-12)18-15(20)11-14(16(18)21)24-10-8-19/h4-7,14,19H,2-3,8-11H2,1H3. The quantitative estimate of drug-likeness (QED) is 0.438. The Morgan fingerprint density at radius 1 is 1.33 bits per heavy atom. The van der Waals surface area contributed by atoms with Crippen molar-refractivity contribution < 1.29 is 24.2 Å². The van der Waals surface area contributed by atoms with Gasteiger partial charge in [0, 0.05) is 12.2 Å². The first-order chi connectivity index (χ1) is 11.6. The number of aliphatic hydroxyl groups is 1. The summed E-state index contributed by atoms with van der Waals surface area (Å²) in [7, 11) is 0. The Morgan fingerprint density at radius 3 is 2.67 bits per heavy atom. The highest BCUT2D eigenvalue weighted by Crippen LogP contribution is 2.29. The predicted molar refractivity (Wildman–Crippen MR) is 92.1 cm³/mol. The number of hydrogen-bond acceptors (Lipinski definition) is 6. The second kappa shape index (κ2) is 8.84. The van der Waals surface area contributed by atoms with Crippen molar-refractivity contribution in [3.8, 4) is 0 Å². The fourth-order valence-corrected chi connectivity index (χ4v) is 3.24. The number of nitrogens with zero attached hydrogens (tertiary/aromatic N) is 1. The summed E-state index contributed by atoms with van der Waals surface area (Å²) in [6, 6.07) is 6.26. The summed E-state index contributed by atoms with van der Waals surface area (Å²) in [6.07, 6.45) is 1.89. The molecule has 24 heavy (non-hydrogen) atoms.